The van der Waals surface area contributed by atoms with Crippen molar-refractivity contribution in [1.82, 2.24) is 4.98 Å². The maximum absolute atomic E-state index is 12.1. The molecule has 106 valence electrons. The summed E-state index contributed by atoms with van der Waals surface area (Å²) in [5.74, 6) is -0.0848. The molecule has 0 saturated heterocycles. The number of rotatable bonds is 3. The van der Waals surface area contributed by atoms with Crippen LogP contribution in [-0.4, -0.2) is 15.8 Å². The van der Waals surface area contributed by atoms with Crippen molar-refractivity contribution in [2.24, 2.45) is 0 Å². The summed E-state index contributed by atoms with van der Waals surface area (Å²) in [5, 5.41) is 11.1. The van der Waals surface area contributed by atoms with Gasteiger partial charge >= 0.3 is 0 Å². The van der Waals surface area contributed by atoms with Gasteiger partial charge in [0.25, 0.3) is 5.69 Å². The molecule has 0 atom stereocenters. The van der Waals surface area contributed by atoms with Gasteiger partial charge in [0.15, 0.2) is 0 Å². The van der Waals surface area contributed by atoms with Crippen molar-refractivity contribution in [3.05, 3.63) is 62.9 Å². The summed E-state index contributed by atoms with van der Waals surface area (Å²) in [7, 11) is 0. The third-order valence-electron chi connectivity index (χ3n) is 3.34. The second-order valence-corrected chi connectivity index (χ2v) is 5.10. The molecule has 0 fully saturated rings. The second kappa shape index (κ2) is 5.14. The van der Waals surface area contributed by atoms with Gasteiger partial charge in [0, 0.05) is 24.0 Å². The van der Waals surface area contributed by atoms with Gasteiger partial charge < -0.3 is 4.90 Å². The van der Waals surface area contributed by atoms with Crippen molar-refractivity contribution in [1.29, 1.82) is 0 Å². The number of halogens is 1. The minimum absolute atomic E-state index is 0.00430. The molecule has 0 bridgehead atoms. The number of non-ortho nitro benzene ring substituents is 1. The number of carbonyl (C=O) groups is 1. The number of amides is 1. The topological polar surface area (TPSA) is 76.3 Å². The number of hydrogen-bond acceptors (Lipinski definition) is 4. The number of nitro benzene ring substituents is 1. The molecule has 6 nitrogen and oxygen atoms in total. The number of carbonyl (C=O) groups excluding carboxylic acids is 1. The Balaban J connectivity index is 1.92. The average molecular weight is 304 g/mol. The van der Waals surface area contributed by atoms with Gasteiger partial charge in [0.05, 0.1) is 17.9 Å². The predicted octanol–water partition coefficient (Wildman–Crippen LogP) is 2.73. The molecule has 1 aliphatic rings. The molecular formula is C14H10ClN3O3. The molecule has 0 aliphatic carbocycles. The molecule has 1 aromatic heterocycles. The van der Waals surface area contributed by atoms with Crippen molar-refractivity contribution in [3.63, 3.8) is 0 Å². The molecular weight excluding hydrogens is 294 g/mol. The molecule has 0 unspecified atom stereocenters. The third-order valence-corrected chi connectivity index (χ3v) is 3.55. The standard InChI is InChI=1S/C14H10ClN3O3/c15-13-5-9(3-4-16-13)8-17-12-2-1-11(18(20)21)6-10(12)7-14(17)19/h1-6H,7-8H2. The van der Waals surface area contributed by atoms with Crippen LogP contribution in [-0.2, 0) is 17.8 Å². The Hall–Kier alpha value is -2.47. The van der Waals surface area contributed by atoms with Gasteiger partial charge in [-0.3, -0.25) is 14.9 Å². The van der Waals surface area contributed by atoms with E-state index in [4.69, 9.17) is 11.6 Å². The van der Waals surface area contributed by atoms with Crippen LogP contribution in [0.4, 0.5) is 11.4 Å². The fraction of sp³-hybridized carbons (Fsp3) is 0.143. The van der Waals surface area contributed by atoms with Crippen molar-refractivity contribution < 1.29 is 9.72 Å². The summed E-state index contributed by atoms with van der Waals surface area (Å²) >= 11 is 5.83. The number of anilines is 1. The first-order valence-electron chi connectivity index (χ1n) is 6.23. The zero-order chi connectivity index (χ0) is 15.0. The zero-order valence-corrected chi connectivity index (χ0v) is 11.6. The number of pyridine rings is 1. The number of aromatic nitrogens is 1. The molecule has 3 rings (SSSR count). The van der Waals surface area contributed by atoms with Crippen LogP contribution in [0, 0.1) is 10.1 Å². The Bertz CT molecular complexity index is 748. The van der Waals surface area contributed by atoms with Gasteiger partial charge in [-0.1, -0.05) is 11.6 Å². The summed E-state index contributed by atoms with van der Waals surface area (Å²) in [6.45, 7) is 0.367. The lowest BCUT2D eigenvalue weighted by Gasteiger charge is -2.17. The van der Waals surface area contributed by atoms with Crippen LogP contribution in [0.15, 0.2) is 36.5 Å². The highest BCUT2D eigenvalue weighted by Gasteiger charge is 2.28. The smallest absolute Gasteiger partial charge is 0.269 e. The highest BCUT2D eigenvalue weighted by atomic mass is 35.5. The summed E-state index contributed by atoms with van der Waals surface area (Å²) in [6, 6.07) is 7.94. The monoisotopic (exact) mass is 303 g/mol. The molecule has 0 N–H and O–H groups in total. The number of fused-ring (bicyclic) bond motifs is 1. The van der Waals surface area contributed by atoms with Crippen LogP contribution in [0.2, 0.25) is 5.15 Å². The van der Waals surface area contributed by atoms with E-state index in [1.807, 2.05) is 0 Å². The van der Waals surface area contributed by atoms with Gasteiger partial charge in [-0.2, -0.15) is 0 Å². The Morgan fingerprint density at radius 2 is 2.14 bits per heavy atom. The van der Waals surface area contributed by atoms with Crippen molar-refractivity contribution in [2.75, 3.05) is 4.90 Å². The van der Waals surface area contributed by atoms with Gasteiger partial charge in [-0.25, -0.2) is 4.98 Å². The first kappa shape index (κ1) is 13.5. The second-order valence-electron chi connectivity index (χ2n) is 4.71. The third kappa shape index (κ3) is 2.57. The lowest BCUT2D eigenvalue weighted by Crippen LogP contribution is -2.25. The van der Waals surface area contributed by atoms with E-state index in [0.717, 1.165) is 5.56 Å². The van der Waals surface area contributed by atoms with E-state index < -0.39 is 4.92 Å². The van der Waals surface area contributed by atoms with E-state index in [1.54, 1.807) is 29.3 Å². The van der Waals surface area contributed by atoms with Crippen LogP contribution >= 0.6 is 11.6 Å². The first-order valence-corrected chi connectivity index (χ1v) is 6.60. The van der Waals surface area contributed by atoms with Crippen molar-refractivity contribution in [2.45, 2.75) is 13.0 Å². The Morgan fingerprint density at radius 3 is 2.86 bits per heavy atom. The largest absolute Gasteiger partial charge is 0.307 e. The van der Waals surface area contributed by atoms with E-state index in [0.29, 0.717) is 22.9 Å². The minimum atomic E-state index is -0.462. The summed E-state index contributed by atoms with van der Waals surface area (Å²) in [6.07, 6.45) is 1.75. The van der Waals surface area contributed by atoms with Crippen LogP contribution in [0.25, 0.3) is 0 Å². The quantitative estimate of drug-likeness (QED) is 0.496. The van der Waals surface area contributed by atoms with E-state index in [2.05, 4.69) is 4.98 Å². The highest BCUT2D eigenvalue weighted by molar-refractivity contribution is 6.29. The SMILES string of the molecule is O=C1Cc2cc([N+](=O)[O-])ccc2N1Cc1ccnc(Cl)c1. The Morgan fingerprint density at radius 1 is 1.33 bits per heavy atom. The number of nitrogens with zero attached hydrogens (tertiary/aromatic N) is 3. The highest BCUT2D eigenvalue weighted by Crippen LogP contribution is 2.33. The number of benzene rings is 1. The fourth-order valence-corrected chi connectivity index (χ4v) is 2.58. The molecule has 0 radical (unpaired) electrons. The fourth-order valence-electron chi connectivity index (χ4n) is 2.38. The predicted molar refractivity (Wildman–Crippen MR) is 77.2 cm³/mol. The lowest BCUT2D eigenvalue weighted by atomic mass is 10.1. The van der Waals surface area contributed by atoms with E-state index in [9.17, 15) is 14.9 Å². The van der Waals surface area contributed by atoms with Gasteiger partial charge in [0.2, 0.25) is 5.91 Å². The van der Waals surface area contributed by atoms with Gasteiger partial charge in [0.1, 0.15) is 5.15 Å². The maximum atomic E-state index is 12.1. The molecule has 2 heterocycles. The zero-order valence-electron chi connectivity index (χ0n) is 10.8. The Kier molecular flexibility index (Phi) is 3.31. The van der Waals surface area contributed by atoms with Crippen molar-refractivity contribution >= 4 is 28.9 Å². The molecule has 1 aromatic carbocycles. The van der Waals surface area contributed by atoms with Crippen LogP contribution in [0.1, 0.15) is 11.1 Å². The van der Waals surface area contributed by atoms with Crippen LogP contribution in [0.5, 0.6) is 0 Å². The lowest BCUT2D eigenvalue weighted by molar-refractivity contribution is -0.384. The molecule has 0 spiro atoms. The summed E-state index contributed by atoms with van der Waals surface area (Å²) in [4.78, 5) is 27.9. The van der Waals surface area contributed by atoms with Gasteiger partial charge in [-0.05, 0) is 29.3 Å². The normalized spacial score (nSPS) is 13.4. The van der Waals surface area contributed by atoms with E-state index in [-0.39, 0.29) is 18.0 Å². The van der Waals surface area contributed by atoms with Gasteiger partial charge in [-0.15, -0.1) is 0 Å². The number of nitro groups is 1. The maximum Gasteiger partial charge on any atom is 0.269 e. The average Bonchev–Trinajstić information content (AvgIpc) is 2.74. The van der Waals surface area contributed by atoms with E-state index in [1.165, 1.54) is 12.1 Å². The van der Waals surface area contributed by atoms with Crippen LogP contribution < -0.4 is 4.90 Å². The summed E-state index contributed by atoms with van der Waals surface area (Å²) < 4.78 is 0. The molecule has 21 heavy (non-hydrogen) atoms. The molecule has 0 saturated carbocycles. The molecule has 7 heteroatoms. The minimum Gasteiger partial charge on any atom is -0.307 e. The molecule has 1 aliphatic heterocycles. The van der Waals surface area contributed by atoms with Crippen LogP contribution in [0.3, 0.4) is 0 Å². The first-order chi connectivity index (χ1) is 10.0. The summed E-state index contributed by atoms with van der Waals surface area (Å²) in [5.41, 5.74) is 2.23. The molecule has 1 amide bonds. The molecule has 2 aromatic rings. The number of hydrogen-bond donors (Lipinski definition) is 0. The van der Waals surface area contributed by atoms with Crippen molar-refractivity contribution in [3.8, 4) is 0 Å². The Labute approximate surface area is 125 Å². The van der Waals surface area contributed by atoms with E-state index >= 15 is 0 Å².